The van der Waals surface area contributed by atoms with Crippen molar-refractivity contribution in [2.75, 3.05) is 18.5 Å². The predicted octanol–water partition coefficient (Wildman–Crippen LogP) is 1.70. The van der Waals surface area contributed by atoms with Gasteiger partial charge in [0.05, 0.1) is 12.2 Å². The van der Waals surface area contributed by atoms with Crippen LogP contribution in [0.15, 0.2) is 6.33 Å². The standard InChI is InChI=1S/C11H14ClN3O3/c1-2-18-9(17)4-3-5-13-11-8(6-16)10(12)14-7-15-11/h6-7H,2-5H2,1H3,(H,13,14,15). The zero-order valence-electron chi connectivity index (χ0n) is 9.98. The second-order valence-electron chi connectivity index (χ2n) is 3.38. The highest BCUT2D eigenvalue weighted by molar-refractivity contribution is 6.32. The second kappa shape index (κ2) is 7.60. The summed E-state index contributed by atoms with van der Waals surface area (Å²) in [5.74, 6) is 0.129. The van der Waals surface area contributed by atoms with Crippen LogP contribution in [0, 0.1) is 0 Å². The number of esters is 1. The van der Waals surface area contributed by atoms with Crippen molar-refractivity contribution in [2.45, 2.75) is 19.8 Å². The molecule has 0 aliphatic carbocycles. The molecule has 0 amide bonds. The van der Waals surface area contributed by atoms with Gasteiger partial charge < -0.3 is 10.1 Å². The normalized spacial score (nSPS) is 9.89. The van der Waals surface area contributed by atoms with E-state index >= 15 is 0 Å². The SMILES string of the molecule is CCOC(=O)CCCNc1ncnc(Cl)c1C=O. The summed E-state index contributed by atoms with van der Waals surface area (Å²) >= 11 is 5.74. The minimum Gasteiger partial charge on any atom is -0.466 e. The second-order valence-corrected chi connectivity index (χ2v) is 3.74. The fourth-order valence-electron chi connectivity index (χ4n) is 1.29. The summed E-state index contributed by atoms with van der Waals surface area (Å²) in [5, 5.41) is 3.03. The lowest BCUT2D eigenvalue weighted by molar-refractivity contribution is -0.143. The van der Waals surface area contributed by atoms with Gasteiger partial charge in [-0.1, -0.05) is 11.6 Å². The molecule has 1 heterocycles. The lowest BCUT2D eigenvalue weighted by Crippen LogP contribution is -2.10. The summed E-state index contributed by atoms with van der Waals surface area (Å²) in [5.41, 5.74) is 0.218. The molecule has 0 unspecified atom stereocenters. The highest BCUT2D eigenvalue weighted by Gasteiger charge is 2.08. The summed E-state index contributed by atoms with van der Waals surface area (Å²) in [6, 6.07) is 0. The fraction of sp³-hybridized carbons (Fsp3) is 0.455. The van der Waals surface area contributed by atoms with Gasteiger partial charge in [0, 0.05) is 13.0 Å². The Morgan fingerprint density at radius 3 is 3.00 bits per heavy atom. The minimum atomic E-state index is -0.240. The Kier molecular flexibility index (Phi) is 6.07. The number of ether oxygens (including phenoxy) is 1. The van der Waals surface area contributed by atoms with Crippen molar-refractivity contribution in [3.63, 3.8) is 0 Å². The number of hydrogen-bond donors (Lipinski definition) is 1. The van der Waals surface area contributed by atoms with Crippen LogP contribution in [0.5, 0.6) is 0 Å². The molecule has 1 N–H and O–H groups in total. The maximum absolute atomic E-state index is 11.1. The van der Waals surface area contributed by atoms with Crippen LogP contribution >= 0.6 is 11.6 Å². The number of anilines is 1. The predicted molar refractivity (Wildman–Crippen MR) is 66.8 cm³/mol. The number of aromatic nitrogens is 2. The van der Waals surface area contributed by atoms with Gasteiger partial charge in [0.1, 0.15) is 17.3 Å². The molecule has 0 atom stereocenters. The van der Waals surface area contributed by atoms with Crippen LogP contribution in [0.4, 0.5) is 5.82 Å². The van der Waals surface area contributed by atoms with E-state index in [-0.39, 0.29) is 16.7 Å². The molecule has 6 nitrogen and oxygen atoms in total. The first kappa shape index (κ1) is 14.4. The van der Waals surface area contributed by atoms with E-state index < -0.39 is 0 Å². The van der Waals surface area contributed by atoms with Crippen LogP contribution in [0.1, 0.15) is 30.1 Å². The Labute approximate surface area is 110 Å². The summed E-state index contributed by atoms with van der Waals surface area (Å²) in [7, 11) is 0. The number of nitrogens with zero attached hydrogens (tertiary/aromatic N) is 2. The van der Waals surface area contributed by atoms with E-state index in [0.717, 1.165) is 0 Å². The molecule has 1 aromatic rings. The van der Waals surface area contributed by atoms with Gasteiger partial charge in [-0.2, -0.15) is 0 Å². The zero-order chi connectivity index (χ0) is 13.4. The fourth-order valence-corrected chi connectivity index (χ4v) is 1.47. The molecule has 0 fully saturated rings. The molecular formula is C11H14ClN3O3. The topological polar surface area (TPSA) is 81.2 Å². The third kappa shape index (κ3) is 4.29. The van der Waals surface area contributed by atoms with Crippen LogP contribution in [-0.2, 0) is 9.53 Å². The maximum atomic E-state index is 11.1. The van der Waals surface area contributed by atoms with Crippen LogP contribution in [0.3, 0.4) is 0 Å². The monoisotopic (exact) mass is 271 g/mol. The first-order valence-corrected chi connectivity index (χ1v) is 5.92. The number of carbonyl (C=O) groups is 2. The summed E-state index contributed by atoms with van der Waals surface area (Å²) in [6.07, 6.45) is 2.76. The summed E-state index contributed by atoms with van der Waals surface area (Å²) in [6.45, 7) is 2.63. The van der Waals surface area contributed by atoms with Crippen molar-refractivity contribution in [3.8, 4) is 0 Å². The van der Waals surface area contributed by atoms with Crippen molar-refractivity contribution >= 4 is 29.7 Å². The number of halogens is 1. The molecule has 7 heteroatoms. The molecule has 0 aliphatic heterocycles. The van der Waals surface area contributed by atoms with E-state index in [1.807, 2.05) is 0 Å². The van der Waals surface area contributed by atoms with Gasteiger partial charge in [0.15, 0.2) is 6.29 Å². The van der Waals surface area contributed by atoms with Crippen molar-refractivity contribution < 1.29 is 14.3 Å². The largest absolute Gasteiger partial charge is 0.466 e. The van der Waals surface area contributed by atoms with Crippen molar-refractivity contribution in [1.82, 2.24) is 9.97 Å². The van der Waals surface area contributed by atoms with E-state index in [2.05, 4.69) is 15.3 Å². The van der Waals surface area contributed by atoms with Gasteiger partial charge in [0.2, 0.25) is 0 Å². The van der Waals surface area contributed by atoms with Gasteiger partial charge in [-0.15, -0.1) is 0 Å². The average molecular weight is 272 g/mol. The van der Waals surface area contributed by atoms with E-state index in [4.69, 9.17) is 16.3 Å². The van der Waals surface area contributed by atoms with Crippen LogP contribution in [-0.4, -0.2) is 35.4 Å². The van der Waals surface area contributed by atoms with E-state index in [9.17, 15) is 9.59 Å². The zero-order valence-corrected chi connectivity index (χ0v) is 10.7. The molecular weight excluding hydrogens is 258 g/mol. The number of aldehydes is 1. The molecule has 0 spiro atoms. The lowest BCUT2D eigenvalue weighted by atomic mass is 10.3. The highest BCUT2D eigenvalue weighted by Crippen LogP contribution is 2.17. The summed E-state index contributed by atoms with van der Waals surface area (Å²) in [4.78, 5) is 29.5. The van der Waals surface area contributed by atoms with E-state index in [1.165, 1.54) is 6.33 Å². The summed E-state index contributed by atoms with van der Waals surface area (Å²) < 4.78 is 4.79. The molecule has 98 valence electrons. The molecule has 0 aliphatic rings. The third-order valence-corrected chi connectivity index (χ3v) is 2.41. The molecule has 0 saturated carbocycles. The first-order valence-electron chi connectivity index (χ1n) is 5.54. The molecule has 1 rings (SSSR count). The highest BCUT2D eigenvalue weighted by atomic mass is 35.5. The van der Waals surface area contributed by atoms with E-state index in [1.54, 1.807) is 6.92 Å². The van der Waals surface area contributed by atoms with Crippen LogP contribution in [0.2, 0.25) is 5.15 Å². The molecule has 0 radical (unpaired) electrons. The lowest BCUT2D eigenvalue weighted by Gasteiger charge is -2.07. The van der Waals surface area contributed by atoms with Crippen molar-refractivity contribution in [2.24, 2.45) is 0 Å². The first-order chi connectivity index (χ1) is 8.69. The molecule has 0 aromatic carbocycles. The number of carbonyl (C=O) groups excluding carboxylic acids is 2. The Morgan fingerprint density at radius 2 is 2.33 bits per heavy atom. The van der Waals surface area contributed by atoms with Gasteiger partial charge in [-0.3, -0.25) is 9.59 Å². The number of hydrogen-bond acceptors (Lipinski definition) is 6. The third-order valence-electron chi connectivity index (χ3n) is 2.11. The molecule has 1 aromatic heterocycles. The van der Waals surface area contributed by atoms with Crippen molar-refractivity contribution in [1.29, 1.82) is 0 Å². The van der Waals surface area contributed by atoms with Crippen LogP contribution < -0.4 is 5.32 Å². The van der Waals surface area contributed by atoms with Gasteiger partial charge in [0.25, 0.3) is 0 Å². The van der Waals surface area contributed by atoms with Gasteiger partial charge in [-0.05, 0) is 13.3 Å². The van der Waals surface area contributed by atoms with E-state index in [0.29, 0.717) is 38.1 Å². The molecule has 0 bridgehead atoms. The van der Waals surface area contributed by atoms with Gasteiger partial charge in [-0.25, -0.2) is 9.97 Å². The quantitative estimate of drug-likeness (QED) is 0.352. The molecule has 18 heavy (non-hydrogen) atoms. The number of nitrogens with one attached hydrogen (secondary N) is 1. The van der Waals surface area contributed by atoms with Crippen molar-refractivity contribution in [3.05, 3.63) is 17.0 Å². The smallest absolute Gasteiger partial charge is 0.305 e. The number of rotatable bonds is 7. The minimum absolute atomic E-state index is 0.105. The maximum Gasteiger partial charge on any atom is 0.305 e. The average Bonchev–Trinajstić information content (AvgIpc) is 2.35. The van der Waals surface area contributed by atoms with Gasteiger partial charge >= 0.3 is 5.97 Å². The molecule has 0 saturated heterocycles. The Morgan fingerprint density at radius 1 is 1.56 bits per heavy atom. The Bertz CT molecular complexity index is 426. The Hall–Kier alpha value is -1.69. The Balaban J connectivity index is 2.42. The van der Waals surface area contributed by atoms with Crippen LogP contribution in [0.25, 0.3) is 0 Å².